The van der Waals surface area contributed by atoms with Gasteiger partial charge in [-0.15, -0.1) is 11.3 Å². The van der Waals surface area contributed by atoms with Crippen molar-refractivity contribution >= 4 is 22.3 Å². The maximum atomic E-state index is 11.9. The number of fused-ring (bicyclic) bond motifs is 4. The predicted molar refractivity (Wildman–Crippen MR) is 65.2 cm³/mol. The third-order valence-electron chi connectivity index (χ3n) is 3.38. The number of carbonyl (C=O) groups excluding carboxylic acids is 1. The molecule has 2 atom stereocenters. The quantitative estimate of drug-likeness (QED) is 0.821. The molecule has 92 valence electrons. The summed E-state index contributed by atoms with van der Waals surface area (Å²) in [5, 5.41) is 0.574. The van der Waals surface area contributed by atoms with Crippen LogP contribution in [0.4, 0.5) is 5.00 Å². The van der Waals surface area contributed by atoms with Crippen LogP contribution in [0.2, 0.25) is 0 Å². The molecule has 2 unspecified atom stereocenters. The maximum Gasteiger partial charge on any atom is 0.341 e. The standard InChI is InChI=1S/C12H15NO3S/c1-2-15-12(14)9-7-5-6-3-4-8(16-6)10(7)17-11(9)13/h6,8H,2-5,13H2,1H3. The van der Waals surface area contributed by atoms with E-state index in [2.05, 4.69) is 0 Å². The van der Waals surface area contributed by atoms with E-state index >= 15 is 0 Å². The summed E-state index contributed by atoms with van der Waals surface area (Å²) in [6.45, 7) is 2.19. The Morgan fingerprint density at radius 2 is 2.41 bits per heavy atom. The largest absolute Gasteiger partial charge is 0.462 e. The van der Waals surface area contributed by atoms with Crippen LogP contribution in [0.5, 0.6) is 0 Å². The molecule has 3 rings (SSSR count). The van der Waals surface area contributed by atoms with Gasteiger partial charge in [-0.1, -0.05) is 0 Å². The SMILES string of the molecule is CCOC(=O)c1c(N)sc2c1CC1CCC2O1. The molecule has 0 amide bonds. The lowest BCUT2D eigenvalue weighted by Crippen LogP contribution is -2.19. The first kappa shape index (κ1) is 11.0. The fourth-order valence-electron chi connectivity index (χ4n) is 2.67. The number of anilines is 1. The molecule has 1 aromatic heterocycles. The molecule has 0 radical (unpaired) electrons. The summed E-state index contributed by atoms with van der Waals surface area (Å²) >= 11 is 1.48. The average molecular weight is 253 g/mol. The van der Waals surface area contributed by atoms with E-state index in [1.54, 1.807) is 6.92 Å². The topological polar surface area (TPSA) is 61.5 Å². The van der Waals surface area contributed by atoms with E-state index in [1.165, 1.54) is 11.3 Å². The van der Waals surface area contributed by atoms with E-state index in [1.807, 2.05) is 0 Å². The van der Waals surface area contributed by atoms with Gasteiger partial charge >= 0.3 is 5.97 Å². The van der Waals surface area contributed by atoms with Crippen LogP contribution in [0.25, 0.3) is 0 Å². The van der Waals surface area contributed by atoms with Gasteiger partial charge in [0, 0.05) is 11.3 Å². The van der Waals surface area contributed by atoms with Crippen molar-refractivity contribution in [2.45, 2.75) is 38.4 Å². The van der Waals surface area contributed by atoms with Crippen LogP contribution in [0.1, 0.15) is 46.7 Å². The van der Waals surface area contributed by atoms with Crippen LogP contribution in [0.15, 0.2) is 0 Å². The van der Waals surface area contributed by atoms with E-state index in [4.69, 9.17) is 15.2 Å². The Balaban J connectivity index is 2.03. The van der Waals surface area contributed by atoms with Crippen molar-refractivity contribution < 1.29 is 14.3 Å². The molecule has 2 aliphatic rings. The third kappa shape index (κ3) is 1.65. The zero-order chi connectivity index (χ0) is 12.0. The highest BCUT2D eigenvalue weighted by Crippen LogP contribution is 2.47. The summed E-state index contributed by atoms with van der Waals surface area (Å²) in [4.78, 5) is 13.0. The van der Waals surface area contributed by atoms with E-state index < -0.39 is 0 Å². The van der Waals surface area contributed by atoms with Gasteiger partial charge in [0.05, 0.1) is 24.4 Å². The fraction of sp³-hybridized carbons (Fsp3) is 0.583. The summed E-state index contributed by atoms with van der Waals surface area (Å²) in [7, 11) is 0. The Morgan fingerprint density at radius 3 is 3.18 bits per heavy atom. The smallest absolute Gasteiger partial charge is 0.341 e. The molecule has 2 aliphatic heterocycles. The number of ether oxygens (including phenoxy) is 2. The van der Waals surface area contributed by atoms with Crippen LogP contribution in [-0.2, 0) is 15.9 Å². The minimum Gasteiger partial charge on any atom is -0.462 e. The molecule has 0 spiro atoms. The molecule has 2 N–H and O–H groups in total. The van der Waals surface area contributed by atoms with Crippen LogP contribution >= 0.6 is 11.3 Å². The van der Waals surface area contributed by atoms with Crippen molar-refractivity contribution in [3.8, 4) is 0 Å². The first-order valence-corrected chi connectivity index (χ1v) is 6.76. The van der Waals surface area contributed by atoms with Gasteiger partial charge in [0.2, 0.25) is 0 Å². The zero-order valence-electron chi connectivity index (χ0n) is 9.69. The van der Waals surface area contributed by atoms with Gasteiger partial charge in [0.25, 0.3) is 0 Å². The number of esters is 1. The summed E-state index contributed by atoms with van der Waals surface area (Å²) in [6.07, 6.45) is 3.33. The van der Waals surface area contributed by atoms with Crippen molar-refractivity contribution in [1.82, 2.24) is 0 Å². The molecule has 17 heavy (non-hydrogen) atoms. The van der Waals surface area contributed by atoms with Crippen molar-refractivity contribution in [3.05, 3.63) is 16.0 Å². The van der Waals surface area contributed by atoms with Gasteiger partial charge < -0.3 is 15.2 Å². The monoisotopic (exact) mass is 253 g/mol. The first-order valence-electron chi connectivity index (χ1n) is 5.94. The van der Waals surface area contributed by atoms with Crippen LogP contribution in [0, 0.1) is 0 Å². The summed E-state index contributed by atoms with van der Waals surface area (Å²) in [6, 6.07) is 0. The first-order chi connectivity index (χ1) is 8.20. The molecular weight excluding hydrogens is 238 g/mol. The van der Waals surface area contributed by atoms with E-state index in [9.17, 15) is 4.79 Å². The Hall–Kier alpha value is -1.07. The van der Waals surface area contributed by atoms with Crippen LogP contribution in [0.3, 0.4) is 0 Å². The minimum absolute atomic E-state index is 0.152. The molecule has 2 bridgehead atoms. The fourth-order valence-corrected chi connectivity index (χ4v) is 3.83. The number of nitrogens with two attached hydrogens (primary N) is 1. The molecule has 0 saturated carbocycles. The van der Waals surface area contributed by atoms with Crippen molar-refractivity contribution in [2.75, 3.05) is 12.3 Å². The lowest BCUT2D eigenvalue weighted by Gasteiger charge is -2.20. The number of nitrogen functional groups attached to an aromatic ring is 1. The highest BCUT2D eigenvalue weighted by molar-refractivity contribution is 7.16. The van der Waals surface area contributed by atoms with Crippen LogP contribution in [-0.4, -0.2) is 18.7 Å². The molecule has 3 heterocycles. The Bertz CT molecular complexity index is 469. The second-order valence-corrected chi connectivity index (χ2v) is 5.52. The van der Waals surface area contributed by atoms with Gasteiger partial charge in [-0.05, 0) is 25.3 Å². The Kier molecular flexibility index (Phi) is 2.60. The summed E-state index contributed by atoms with van der Waals surface area (Å²) in [5.74, 6) is -0.288. The average Bonchev–Trinajstić information content (AvgIpc) is 2.82. The van der Waals surface area contributed by atoms with Gasteiger partial charge in [0.15, 0.2) is 0 Å². The van der Waals surface area contributed by atoms with Gasteiger partial charge in [-0.3, -0.25) is 0 Å². The van der Waals surface area contributed by atoms with Gasteiger partial charge in [-0.25, -0.2) is 4.79 Å². The van der Waals surface area contributed by atoms with Gasteiger partial charge in [0.1, 0.15) is 5.00 Å². The lowest BCUT2D eigenvalue weighted by atomic mass is 10.0. The van der Waals surface area contributed by atoms with Crippen molar-refractivity contribution in [1.29, 1.82) is 0 Å². The molecule has 1 saturated heterocycles. The second-order valence-electron chi connectivity index (χ2n) is 4.43. The zero-order valence-corrected chi connectivity index (χ0v) is 10.5. The predicted octanol–water partition coefficient (Wildman–Crippen LogP) is 2.28. The van der Waals surface area contributed by atoms with Crippen molar-refractivity contribution in [2.24, 2.45) is 0 Å². The Labute approximate surface area is 104 Å². The van der Waals surface area contributed by atoms with E-state index in [-0.39, 0.29) is 18.2 Å². The second kappa shape index (κ2) is 3.99. The molecule has 5 heteroatoms. The van der Waals surface area contributed by atoms with Gasteiger partial charge in [-0.2, -0.15) is 0 Å². The number of thiophene rings is 1. The highest BCUT2D eigenvalue weighted by atomic mass is 32.1. The summed E-state index contributed by atoms with van der Waals surface area (Å²) in [5.41, 5.74) is 7.61. The highest BCUT2D eigenvalue weighted by Gasteiger charge is 2.38. The Morgan fingerprint density at radius 1 is 1.59 bits per heavy atom. The molecular formula is C12H15NO3S. The lowest BCUT2D eigenvalue weighted by molar-refractivity contribution is 0.0339. The normalized spacial score (nSPS) is 25.7. The number of rotatable bonds is 2. The molecule has 0 aromatic carbocycles. The minimum atomic E-state index is -0.288. The van der Waals surface area contributed by atoms with E-state index in [0.717, 1.165) is 29.7 Å². The van der Waals surface area contributed by atoms with E-state index in [0.29, 0.717) is 17.2 Å². The molecule has 1 aromatic rings. The molecule has 1 fully saturated rings. The summed E-state index contributed by atoms with van der Waals surface area (Å²) < 4.78 is 10.9. The molecule has 4 nitrogen and oxygen atoms in total. The van der Waals surface area contributed by atoms with Crippen LogP contribution < -0.4 is 5.73 Å². The van der Waals surface area contributed by atoms with Crippen molar-refractivity contribution in [3.63, 3.8) is 0 Å². The number of hydrogen-bond acceptors (Lipinski definition) is 5. The maximum absolute atomic E-state index is 11.9. The number of hydrogen-bond donors (Lipinski definition) is 1. The third-order valence-corrected chi connectivity index (χ3v) is 4.53. The molecule has 0 aliphatic carbocycles. The number of carbonyl (C=O) groups is 1.